The highest BCUT2D eigenvalue weighted by molar-refractivity contribution is 5.81. The fourth-order valence-electron chi connectivity index (χ4n) is 3.37. The quantitative estimate of drug-likeness (QED) is 0.661. The van der Waals surface area contributed by atoms with Crippen molar-refractivity contribution in [3.05, 3.63) is 29.8 Å². The van der Waals surface area contributed by atoms with Crippen molar-refractivity contribution in [2.75, 3.05) is 27.4 Å². The number of methoxy groups -OCH3 is 2. The van der Waals surface area contributed by atoms with Gasteiger partial charge in [-0.1, -0.05) is 18.2 Å². The molecule has 0 spiro atoms. The molecule has 1 aliphatic rings. The van der Waals surface area contributed by atoms with Crippen LogP contribution in [0.25, 0.3) is 0 Å². The summed E-state index contributed by atoms with van der Waals surface area (Å²) < 4.78 is 10.3. The summed E-state index contributed by atoms with van der Waals surface area (Å²) in [5, 5.41) is 5.96. The van der Waals surface area contributed by atoms with E-state index in [0.29, 0.717) is 19.7 Å². The molecule has 2 N–H and O–H groups in total. The van der Waals surface area contributed by atoms with Crippen LogP contribution in [-0.2, 0) is 20.9 Å². The Hall–Kier alpha value is -2.08. The average Bonchev–Trinajstić information content (AvgIpc) is 2.69. The van der Waals surface area contributed by atoms with E-state index in [2.05, 4.69) is 10.6 Å². The van der Waals surface area contributed by atoms with E-state index in [-0.39, 0.29) is 23.7 Å². The van der Waals surface area contributed by atoms with E-state index in [0.717, 1.165) is 43.4 Å². The van der Waals surface area contributed by atoms with Crippen LogP contribution < -0.4 is 15.4 Å². The van der Waals surface area contributed by atoms with Crippen LogP contribution in [0, 0.1) is 11.8 Å². The number of carbonyl (C=O) groups is 2. The van der Waals surface area contributed by atoms with Crippen LogP contribution in [0.2, 0.25) is 0 Å². The van der Waals surface area contributed by atoms with Gasteiger partial charge in [0.2, 0.25) is 11.8 Å². The van der Waals surface area contributed by atoms with Crippen molar-refractivity contribution >= 4 is 11.8 Å². The minimum Gasteiger partial charge on any atom is -0.496 e. The van der Waals surface area contributed by atoms with Crippen LogP contribution in [0.5, 0.6) is 5.75 Å². The molecule has 1 fully saturated rings. The van der Waals surface area contributed by atoms with Gasteiger partial charge in [-0.2, -0.15) is 0 Å². The monoisotopic (exact) mass is 362 g/mol. The Morgan fingerprint density at radius 1 is 1.00 bits per heavy atom. The number of rotatable bonds is 9. The van der Waals surface area contributed by atoms with Gasteiger partial charge in [0.05, 0.1) is 7.11 Å². The third-order valence-electron chi connectivity index (χ3n) is 4.94. The predicted octanol–water partition coefficient (Wildman–Crippen LogP) is 2.27. The fraction of sp³-hybridized carbons (Fsp3) is 0.600. The highest BCUT2D eigenvalue weighted by atomic mass is 16.5. The predicted molar refractivity (Wildman–Crippen MR) is 99.8 cm³/mol. The van der Waals surface area contributed by atoms with Crippen molar-refractivity contribution in [1.82, 2.24) is 10.6 Å². The van der Waals surface area contributed by atoms with E-state index >= 15 is 0 Å². The van der Waals surface area contributed by atoms with Gasteiger partial charge < -0.3 is 20.1 Å². The molecule has 26 heavy (non-hydrogen) atoms. The molecule has 0 bridgehead atoms. The van der Waals surface area contributed by atoms with Crippen molar-refractivity contribution in [2.45, 2.75) is 38.6 Å². The molecule has 6 heteroatoms. The summed E-state index contributed by atoms with van der Waals surface area (Å²) >= 11 is 0. The summed E-state index contributed by atoms with van der Waals surface area (Å²) in [6.45, 7) is 1.76. The first-order chi connectivity index (χ1) is 12.7. The Morgan fingerprint density at radius 3 is 2.23 bits per heavy atom. The van der Waals surface area contributed by atoms with E-state index in [4.69, 9.17) is 9.47 Å². The van der Waals surface area contributed by atoms with Gasteiger partial charge in [-0.3, -0.25) is 9.59 Å². The van der Waals surface area contributed by atoms with Crippen LogP contribution in [0.4, 0.5) is 0 Å². The second-order valence-electron chi connectivity index (χ2n) is 6.72. The zero-order valence-electron chi connectivity index (χ0n) is 15.8. The Kier molecular flexibility index (Phi) is 8.41. The number of benzene rings is 1. The average molecular weight is 362 g/mol. The van der Waals surface area contributed by atoms with E-state index < -0.39 is 0 Å². The van der Waals surface area contributed by atoms with Crippen LogP contribution >= 0.6 is 0 Å². The lowest BCUT2D eigenvalue weighted by atomic mass is 9.81. The number of nitrogens with one attached hydrogen (secondary N) is 2. The molecule has 0 radical (unpaired) electrons. The number of ether oxygens (including phenoxy) is 2. The van der Waals surface area contributed by atoms with Gasteiger partial charge in [0, 0.05) is 44.2 Å². The molecule has 0 saturated heterocycles. The molecule has 6 nitrogen and oxygen atoms in total. The summed E-state index contributed by atoms with van der Waals surface area (Å²) in [6.07, 6.45) is 3.87. The molecule has 1 aromatic carbocycles. The topological polar surface area (TPSA) is 76.7 Å². The molecule has 0 aromatic heterocycles. The molecule has 0 unspecified atom stereocenters. The van der Waals surface area contributed by atoms with Gasteiger partial charge in [-0.25, -0.2) is 0 Å². The van der Waals surface area contributed by atoms with Crippen molar-refractivity contribution in [2.24, 2.45) is 11.8 Å². The summed E-state index contributed by atoms with van der Waals surface area (Å²) in [5.41, 5.74) is 0.965. The Labute approximate surface area is 155 Å². The molecular weight excluding hydrogens is 332 g/mol. The summed E-state index contributed by atoms with van der Waals surface area (Å²) in [4.78, 5) is 24.6. The Balaban J connectivity index is 1.71. The Bertz CT molecular complexity index is 583. The van der Waals surface area contributed by atoms with Crippen molar-refractivity contribution < 1.29 is 19.1 Å². The third kappa shape index (κ3) is 6.02. The van der Waals surface area contributed by atoms with E-state index in [9.17, 15) is 9.59 Å². The van der Waals surface area contributed by atoms with E-state index in [1.54, 1.807) is 14.2 Å². The number of hydrogen-bond donors (Lipinski definition) is 2. The maximum absolute atomic E-state index is 12.4. The number of amides is 2. The van der Waals surface area contributed by atoms with Gasteiger partial charge in [0.25, 0.3) is 0 Å². The Morgan fingerprint density at radius 2 is 1.62 bits per heavy atom. The first kappa shape index (κ1) is 20.2. The first-order valence-electron chi connectivity index (χ1n) is 9.32. The maximum Gasteiger partial charge on any atom is 0.223 e. The van der Waals surface area contributed by atoms with Gasteiger partial charge in [-0.15, -0.1) is 0 Å². The van der Waals surface area contributed by atoms with E-state index in [1.807, 2.05) is 24.3 Å². The van der Waals surface area contributed by atoms with Crippen molar-refractivity contribution in [3.8, 4) is 5.75 Å². The molecule has 144 valence electrons. The number of carbonyl (C=O) groups excluding carboxylic acids is 2. The first-order valence-corrected chi connectivity index (χ1v) is 9.32. The van der Waals surface area contributed by atoms with Gasteiger partial charge in [0.15, 0.2) is 0 Å². The molecule has 2 rings (SSSR count). The summed E-state index contributed by atoms with van der Waals surface area (Å²) in [7, 11) is 3.28. The normalized spacial score (nSPS) is 19.6. The fourth-order valence-corrected chi connectivity index (χ4v) is 3.37. The van der Waals surface area contributed by atoms with Crippen LogP contribution in [0.15, 0.2) is 24.3 Å². The largest absolute Gasteiger partial charge is 0.496 e. The highest BCUT2D eigenvalue weighted by Crippen LogP contribution is 2.29. The molecule has 1 saturated carbocycles. The molecule has 0 atom stereocenters. The molecular formula is C20H30N2O4. The molecule has 1 aromatic rings. The zero-order chi connectivity index (χ0) is 18.8. The molecule has 1 aliphatic carbocycles. The lowest BCUT2D eigenvalue weighted by molar-refractivity contribution is -0.130. The lowest BCUT2D eigenvalue weighted by Crippen LogP contribution is -2.37. The van der Waals surface area contributed by atoms with Crippen LogP contribution in [0.1, 0.15) is 37.7 Å². The molecule has 2 amide bonds. The molecule has 0 aliphatic heterocycles. The second-order valence-corrected chi connectivity index (χ2v) is 6.72. The number of para-hydroxylation sites is 1. The summed E-state index contributed by atoms with van der Waals surface area (Å²) in [5.74, 6) is 0.962. The smallest absolute Gasteiger partial charge is 0.223 e. The zero-order valence-corrected chi connectivity index (χ0v) is 15.8. The van der Waals surface area contributed by atoms with Gasteiger partial charge in [0.1, 0.15) is 5.75 Å². The SMILES string of the molecule is COCCCNC(=O)C1CCC(C(=O)NCc2ccccc2OC)CC1. The minimum absolute atomic E-state index is 0.0118. The van der Waals surface area contributed by atoms with Crippen LogP contribution in [-0.4, -0.2) is 39.2 Å². The van der Waals surface area contributed by atoms with E-state index in [1.165, 1.54) is 0 Å². The third-order valence-corrected chi connectivity index (χ3v) is 4.94. The van der Waals surface area contributed by atoms with Crippen molar-refractivity contribution in [3.63, 3.8) is 0 Å². The second kappa shape index (κ2) is 10.8. The minimum atomic E-state index is -0.0118. The van der Waals surface area contributed by atoms with Gasteiger partial charge >= 0.3 is 0 Å². The summed E-state index contributed by atoms with van der Waals surface area (Å²) in [6, 6.07) is 7.67. The van der Waals surface area contributed by atoms with Crippen molar-refractivity contribution in [1.29, 1.82) is 0 Å². The maximum atomic E-state index is 12.4. The lowest BCUT2D eigenvalue weighted by Gasteiger charge is -2.27. The highest BCUT2D eigenvalue weighted by Gasteiger charge is 2.29. The van der Waals surface area contributed by atoms with Crippen LogP contribution in [0.3, 0.4) is 0 Å². The number of hydrogen-bond acceptors (Lipinski definition) is 4. The standard InChI is InChI=1S/C20H30N2O4/c1-25-13-5-12-21-19(23)15-8-10-16(11-9-15)20(24)22-14-17-6-3-4-7-18(17)26-2/h3-4,6-7,15-16H,5,8-14H2,1-2H3,(H,21,23)(H,22,24). The van der Waals surface area contributed by atoms with Gasteiger partial charge in [-0.05, 0) is 38.2 Å². The molecule has 0 heterocycles.